The molecule has 0 spiro atoms. The van der Waals surface area contributed by atoms with Crippen molar-refractivity contribution in [2.45, 2.75) is 6.92 Å². The van der Waals surface area contributed by atoms with Gasteiger partial charge in [-0.15, -0.1) is 11.3 Å². The maximum Gasteiger partial charge on any atom is 0.140 e. The van der Waals surface area contributed by atoms with Crippen molar-refractivity contribution in [2.24, 2.45) is 5.41 Å². The van der Waals surface area contributed by atoms with Crippen LogP contribution in [0.2, 0.25) is 0 Å². The number of aliphatic hydroxyl groups excluding tert-OH is 2. The van der Waals surface area contributed by atoms with Crippen molar-refractivity contribution in [3.05, 3.63) is 42.7 Å². The zero-order valence-electron chi connectivity index (χ0n) is 13.8. The Morgan fingerprint density at radius 3 is 2.50 bits per heavy atom. The fraction of sp³-hybridized carbons (Fsp3) is 0.333. The molecular weight excluding hydrogens is 322 g/mol. The van der Waals surface area contributed by atoms with Gasteiger partial charge in [0, 0.05) is 23.9 Å². The maximum atomic E-state index is 9.53. The lowest BCUT2D eigenvalue weighted by molar-refractivity contribution is 0.0762. The summed E-state index contributed by atoms with van der Waals surface area (Å²) in [6.45, 7) is 2.19. The smallest absolute Gasteiger partial charge is 0.140 e. The molecule has 1 aromatic carbocycles. The fourth-order valence-corrected chi connectivity index (χ4v) is 3.69. The zero-order valence-corrected chi connectivity index (χ0v) is 14.6. The Labute approximate surface area is 145 Å². The molecule has 0 bridgehead atoms. The van der Waals surface area contributed by atoms with E-state index in [2.05, 4.69) is 28.2 Å². The largest absolute Gasteiger partial charge is 0.396 e. The van der Waals surface area contributed by atoms with Gasteiger partial charge < -0.3 is 15.1 Å². The lowest BCUT2D eigenvalue weighted by Crippen LogP contribution is -2.39. The van der Waals surface area contributed by atoms with Crippen molar-refractivity contribution < 1.29 is 10.2 Å². The Kier molecular flexibility index (Phi) is 4.80. The molecule has 0 radical (unpaired) electrons. The minimum atomic E-state index is -0.579. The number of benzene rings is 1. The normalized spacial score (nSPS) is 11.8. The maximum absolute atomic E-state index is 9.53. The Bertz CT molecular complexity index is 816. The molecule has 0 amide bonds. The highest BCUT2D eigenvalue weighted by Gasteiger charge is 2.26. The first-order chi connectivity index (χ1) is 11.6. The minimum absolute atomic E-state index is 0.0824. The molecule has 0 atom stereocenters. The number of aromatic nitrogens is 2. The van der Waals surface area contributed by atoms with Crippen LogP contribution in [0, 0.1) is 5.41 Å². The highest BCUT2D eigenvalue weighted by molar-refractivity contribution is 7.21. The van der Waals surface area contributed by atoms with Crippen molar-refractivity contribution in [3.63, 3.8) is 0 Å². The molecule has 0 saturated heterocycles. The molecule has 3 rings (SSSR count). The highest BCUT2D eigenvalue weighted by Crippen LogP contribution is 2.36. The second-order valence-electron chi connectivity index (χ2n) is 6.38. The van der Waals surface area contributed by atoms with Gasteiger partial charge in [0.05, 0.1) is 18.6 Å². The van der Waals surface area contributed by atoms with Gasteiger partial charge in [-0.3, -0.25) is 0 Å². The predicted molar refractivity (Wildman–Crippen MR) is 98.4 cm³/mol. The third-order valence-corrected chi connectivity index (χ3v) is 5.20. The number of nitrogens with zero attached hydrogens (tertiary/aromatic N) is 3. The van der Waals surface area contributed by atoms with E-state index >= 15 is 0 Å². The number of thiophene rings is 1. The summed E-state index contributed by atoms with van der Waals surface area (Å²) in [4.78, 5) is 12.9. The first-order valence-corrected chi connectivity index (χ1v) is 8.61. The van der Waals surface area contributed by atoms with Crippen molar-refractivity contribution in [1.82, 2.24) is 9.97 Å². The summed E-state index contributed by atoms with van der Waals surface area (Å²) < 4.78 is 0. The Morgan fingerprint density at radius 1 is 1.12 bits per heavy atom. The number of hydrogen-bond donors (Lipinski definition) is 2. The van der Waals surface area contributed by atoms with Crippen LogP contribution in [-0.4, -0.2) is 47.0 Å². The van der Waals surface area contributed by atoms with E-state index in [0.717, 1.165) is 26.5 Å². The number of fused-ring (bicyclic) bond motifs is 1. The second-order valence-corrected chi connectivity index (χ2v) is 7.41. The van der Waals surface area contributed by atoms with Gasteiger partial charge in [0.25, 0.3) is 0 Å². The van der Waals surface area contributed by atoms with Crippen LogP contribution in [0.5, 0.6) is 0 Å². The van der Waals surface area contributed by atoms with E-state index in [-0.39, 0.29) is 13.2 Å². The van der Waals surface area contributed by atoms with Crippen molar-refractivity contribution in [1.29, 1.82) is 0 Å². The Balaban J connectivity index is 1.98. The standard InChI is InChI=1S/C18H21N3O2S/c1-18(10-22,11-23)9-21(2)16-14-8-15(13-6-4-3-5-7-13)24-17(14)20-12-19-16/h3-8,12,22-23H,9-11H2,1-2H3. The van der Waals surface area contributed by atoms with Gasteiger partial charge in [-0.1, -0.05) is 37.3 Å². The van der Waals surface area contributed by atoms with Gasteiger partial charge in [-0.05, 0) is 11.6 Å². The molecule has 2 N–H and O–H groups in total. The second kappa shape index (κ2) is 6.84. The molecule has 2 aromatic heterocycles. The summed E-state index contributed by atoms with van der Waals surface area (Å²) in [5.41, 5.74) is 0.578. The van der Waals surface area contributed by atoms with Crippen LogP contribution >= 0.6 is 11.3 Å². The third kappa shape index (κ3) is 3.26. The third-order valence-electron chi connectivity index (χ3n) is 4.11. The molecule has 0 aliphatic heterocycles. The molecule has 0 saturated carbocycles. The lowest BCUT2D eigenvalue weighted by atomic mass is 9.92. The number of hydrogen-bond acceptors (Lipinski definition) is 6. The van der Waals surface area contributed by atoms with Crippen LogP contribution < -0.4 is 4.90 Å². The van der Waals surface area contributed by atoms with Crippen LogP contribution in [0.15, 0.2) is 42.7 Å². The van der Waals surface area contributed by atoms with Crippen molar-refractivity contribution in [3.8, 4) is 10.4 Å². The molecule has 0 aliphatic carbocycles. The lowest BCUT2D eigenvalue weighted by Gasteiger charge is -2.31. The average molecular weight is 343 g/mol. The first kappa shape index (κ1) is 16.8. The number of aliphatic hydroxyl groups is 2. The topological polar surface area (TPSA) is 69.5 Å². The summed E-state index contributed by atoms with van der Waals surface area (Å²) in [5.74, 6) is 0.812. The monoisotopic (exact) mass is 343 g/mol. The Morgan fingerprint density at radius 2 is 1.83 bits per heavy atom. The van der Waals surface area contributed by atoms with Crippen LogP contribution in [0.1, 0.15) is 6.92 Å². The van der Waals surface area contributed by atoms with Gasteiger partial charge in [-0.25, -0.2) is 9.97 Å². The first-order valence-electron chi connectivity index (χ1n) is 7.79. The van der Waals surface area contributed by atoms with Crippen LogP contribution in [-0.2, 0) is 0 Å². The van der Waals surface area contributed by atoms with E-state index in [1.165, 1.54) is 0 Å². The van der Waals surface area contributed by atoms with Crippen molar-refractivity contribution in [2.75, 3.05) is 31.7 Å². The molecule has 0 fully saturated rings. The zero-order chi connectivity index (χ0) is 17.2. The summed E-state index contributed by atoms with van der Waals surface area (Å²) in [6.07, 6.45) is 1.56. The molecule has 2 heterocycles. The predicted octanol–water partition coefficient (Wildman–Crippen LogP) is 2.79. The summed E-state index contributed by atoms with van der Waals surface area (Å²) in [6, 6.07) is 12.3. The molecular formula is C18H21N3O2S. The van der Waals surface area contributed by atoms with E-state index in [9.17, 15) is 10.2 Å². The molecule has 6 heteroatoms. The van der Waals surface area contributed by atoms with E-state index in [4.69, 9.17) is 0 Å². The summed E-state index contributed by atoms with van der Waals surface area (Å²) in [7, 11) is 1.92. The SMILES string of the molecule is CN(CC(C)(CO)CO)c1ncnc2sc(-c3ccccc3)cc12. The van der Waals surface area contributed by atoms with E-state index in [0.29, 0.717) is 6.54 Å². The van der Waals surface area contributed by atoms with E-state index in [1.54, 1.807) is 17.7 Å². The highest BCUT2D eigenvalue weighted by atomic mass is 32.1. The molecule has 3 aromatic rings. The minimum Gasteiger partial charge on any atom is -0.396 e. The van der Waals surface area contributed by atoms with E-state index < -0.39 is 5.41 Å². The van der Waals surface area contributed by atoms with Crippen LogP contribution in [0.3, 0.4) is 0 Å². The Hall–Kier alpha value is -2.02. The number of rotatable bonds is 6. The molecule has 0 unspecified atom stereocenters. The molecule has 5 nitrogen and oxygen atoms in total. The summed E-state index contributed by atoms with van der Waals surface area (Å²) >= 11 is 1.63. The molecule has 126 valence electrons. The summed E-state index contributed by atoms with van der Waals surface area (Å²) in [5, 5.41) is 20.0. The average Bonchev–Trinajstić information content (AvgIpc) is 3.06. The van der Waals surface area contributed by atoms with Crippen molar-refractivity contribution >= 4 is 27.4 Å². The molecule has 0 aliphatic rings. The molecule has 24 heavy (non-hydrogen) atoms. The van der Waals surface area contributed by atoms with Gasteiger partial charge in [-0.2, -0.15) is 0 Å². The van der Waals surface area contributed by atoms with E-state index in [1.807, 2.05) is 37.1 Å². The fourth-order valence-electron chi connectivity index (χ4n) is 2.69. The van der Waals surface area contributed by atoms with Gasteiger partial charge in [0.15, 0.2) is 0 Å². The van der Waals surface area contributed by atoms with Crippen LogP contribution in [0.25, 0.3) is 20.7 Å². The quantitative estimate of drug-likeness (QED) is 0.720. The van der Waals surface area contributed by atoms with Gasteiger partial charge in [0.1, 0.15) is 17.0 Å². The van der Waals surface area contributed by atoms with Crippen LogP contribution in [0.4, 0.5) is 5.82 Å². The van der Waals surface area contributed by atoms with Gasteiger partial charge in [0.2, 0.25) is 0 Å². The number of anilines is 1. The van der Waals surface area contributed by atoms with Gasteiger partial charge >= 0.3 is 0 Å².